The van der Waals surface area contributed by atoms with Crippen molar-refractivity contribution < 1.29 is 24.2 Å². The summed E-state index contributed by atoms with van der Waals surface area (Å²) in [5.41, 5.74) is 0.0502. The van der Waals surface area contributed by atoms with Gasteiger partial charge in [-0.3, -0.25) is 19.4 Å². The first-order valence-electron chi connectivity index (χ1n) is 8.32. The van der Waals surface area contributed by atoms with Crippen molar-refractivity contribution in [2.45, 2.75) is 6.42 Å². The third-order valence-corrected chi connectivity index (χ3v) is 4.29. The average Bonchev–Trinajstić information content (AvgIpc) is 2.58. The fraction of sp³-hybridized carbons (Fsp3) is 0.529. The van der Waals surface area contributed by atoms with Gasteiger partial charge in [0.25, 0.3) is 0 Å². The smallest absolute Gasteiger partial charge is 0.308 e. The van der Waals surface area contributed by atoms with Crippen molar-refractivity contribution in [2.75, 3.05) is 51.2 Å². The Labute approximate surface area is 146 Å². The Bertz CT molecular complexity index is 591. The molecule has 1 fully saturated rings. The molecule has 1 aromatic carbocycles. The molecule has 1 aliphatic heterocycles. The number of piperazine rings is 1. The zero-order chi connectivity index (χ0) is 18.2. The topological polar surface area (TPSA) is 93.1 Å². The number of nitrogens with one attached hydrogen (secondary N) is 1. The number of rotatable bonds is 8. The van der Waals surface area contributed by atoms with E-state index in [9.17, 15) is 19.1 Å². The number of hydrogen-bond donors (Lipinski definition) is 3. The highest BCUT2D eigenvalue weighted by molar-refractivity contribution is 5.93. The fourth-order valence-electron chi connectivity index (χ4n) is 2.87. The largest absolute Gasteiger partial charge is 0.481 e. The summed E-state index contributed by atoms with van der Waals surface area (Å²) in [6.07, 6.45) is -0.208. The fourth-order valence-corrected chi connectivity index (χ4v) is 2.87. The van der Waals surface area contributed by atoms with Crippen LogP contribution < -0.4 is 5.32 Å². The molecule has 0 aliphatic carbocycles. The van der Waals surface area contributed by atoms with E-state index >= 15 is 0 Å². The molecule has 0 saturated carbocycles. The molecular formula is C17H24FN3O4. The number of β-amino-alcohol motifs (C(OH)–C–C–N with tert-alkyl or cyclic N) is 1. The van der Waals surface area contributed by atoms with Crippen LogP contribution >= 0.6 is 0 Å². The maximum atomic E-state index is 13.6. The molecule has 8 heteroatoms. The van der Waals surface area contributed by atoms with E-state index in [4.69, 9.17) is 5.11 Å². The van der Waals surface area contributed by atoms with E-state index in [-0.39, 0.29) is 25.3 Å². The van der Waals surface area contributed by atoms with Crippen LogP contribution in [-0.2, 0) is 9.59 Å². The lowest BCUT2D eigenvalue weighted by Crippen LogP contribution is -2.49. The maximum Gasteiger partial charge on any atom is 0.308 e. The van der Waals surface area contributed by atoms with Gasteiger partial charge in [-0.25, -0.2) is 4.39 Å². The van der Waals surface area contributed by atoms with E-state index in [0.29, 0.717) is 19.6 Å². The van der Waals surface area contributed by atoms with Crippen molar-refractivity contribution >= 4 is 17.6 Å². The van der Waals surface area contributed by atoms with Crippen molar-refractivity contribution in [3.05, 3.63) is 30.1 Å². The maximum absolute atomic E-state index is 13.6. The predicted molar refractivity (Wildman–Crippen MR) is 90.7 cm³/mol. The number of aliphatic hydroxyl groups excluding tert-OH is 1. The van der Waals surface area contributed by atoms with E-state index in [1.807, 2.05) is 4.90 Å². The molecule has 1 amide bonds. The van der Waals surface area contributed by atoms with Gasteiger partial charge in [0.05, 0.1) is 18.2 Å². The van der Waals surface area contributed by atoms with Gasteiger partial charge in [0.15, 0.2) is 0 Å². The van der Waals surface area contributed by atoms with E-state index in [0.717, 1.165) is 13.1 Å². The first-order chi connectivity index (χ1) is 12.0. The van der Waals surface area contributed by atoms with Crippen molar-refractivity contribution in [1.29, 1.82) is 0 Å². The van der Waals surface area contributed by atoms with Gasteiger partial charge in [-0.15, -0.1) is 0 Å². The van der Waals surface area contributed by atoms with E-state index < -0.39 is 23.6 Å². The third-order valence-electron chi connectivity index (χ3n) is 4.29. The van der Waals surface area contributed by atoms with Gasteiger partial charge in [0, 0.05) is 45.7 Å². The summed E-state index contributed by atoms with van der Waals surface area (Å²) in [6.45, 7) is 3.89. The van der Waals surface area contributed by atoms with Crippen molar-refractivity contribution in [2.24, 2.45) is 5.92 Å². The number of carbonyl (C=O) groups excluding carboxylic acids is 1. The number of anilines is 1. The van der Waals surface area contributed by atoms with Crippen molar-refractivity contribution in [3.63, 3.8) is 0 Å². The monoisotopic (exact) mass is 353 g/mol. The van der Waals surface area contributed by atoms with Crippen LogP contribution in [0.25, 0.3) is 0 Å². The van der Waals surface area contributed by atoms with Crippen LogP contribution in [0, 0.1) is 11.7 Å². The van der Waals surface area contributed by atoms with Crippen LogP contribution in [0.5, 0.6) is 0 Å². The summed E-state index contributed by atoms with van der Waals surface area (Å²) < 4.78 is 13.6. The second kappa shape index (κ2) is 9.45. The lowest BCUT2D eigenvalue weighted by Gasteiger charge is -2.35. The first kappa shape index (κ1) is 19.3. The summed E-state index contributed by atoms with van der Waals surface area (Å²) in [4.78, 5) is 27.6. The highest BCUT2D eigenvalue weighted by Crippen LogP contribution is 2.15. The standard InChI is InChI=1S/C17H24FN3O4/c18-14-3-1-2-4-15(14)19-16(23)11-13(17(24)25)12-21-7-5-20(6-8-21)9-10-22/h1-4,13,22H,5-12H2,(H,19,23)(H,24,25)/t13-/m0/s1. The second-order valence-electron chi connectivity index (χ2n) is 6.13. The molecule has 3 N–H and O–H groups in total. The molecule has 0 aromatic heterocycles. The number of amides is 1. The van der Waals surface area contributed by atoms with Crippen molar-refractivity contribution in [3.8, 4) is 0 Å². The third kappa shape index (κ3) is 6.08. The minimum absolute atomic E-state index is 0.0502. The van der Waals surface area contributed by atoms with E-state index in [2.05, 4.69) is 10.2 Å². The number of halogens is 1. The summed E-state index contributed by atoms with van der Waals surface area (Å²) in [5.74, 6) is -2.96. The molecular weight excluding hydrogens is 329 g/mol. The van der Waals surface area contributed by atoms with Crippen LogP contribution in [-0.4, -0.2) is 77.8 Å². The molecule has 2 rings (SSSR count). The lowest BCUT2D eigenvalue weighted by atomic mass is 10.0. The highest BCUT2D eigenvalue weighted by atomic mass is 19.1. The number of carboxylic acid groups (broad SMARTS) is 1. The average molecular weight is 353 g/mol. The quantitative estimate of drug-likeness (QED) is 0.629. The second-order valence-corrected chi connectivity index (χ2v) is 6.13. The van der Waals surface area contributed by atoms with Gasteiger partial charge in [0.1, 0.15) is 5.82 Å². The van der Waals surface area contributed by atoms with Gasteiger partial charge < -0.3 is 15.5 Å². The Balaban J connectivity index is 1.85. The molecule has 25 heavy (non-hydrogen) atoms. The Hall–Kier alpha value is -2.03. The number of nitrogens with zero attached hydrogens (tertiary/aromatic N) is 2. The van der Waals surface area contributed by atoms with Crippen LogP contribution in [0.1, 0.15) is 6.42 Å². The number of para-hydroxylation sites is 1. The number of hydrogen-bond acceptors (Lipinski definition) is 5. The van der Waals surface area contributed by atoms with Gasteiger partial charge in [0.2, 0.25) is 5.91 Å². The molecule has 0 unspecified atom stereocenters. The van der Waals surface area contributed by atoms with Crippen LogP contribution in [0.15, 0.2) is 24.3 Å². The number of carboxylic acids is 1. The van der Waals surface area contributed by atoms with Gasteiger partial charge in [-0.1, -0.05) is 12.1 Å². The normalized spacial score (nSPS) is 17.2. The minimum atomic E-state index is -1.04. The number of carbonyl (C=O) groups is 2. The van der Waals surface area contributed by atoms with Crippen molar-refractivity contribution in [1.82, 2.24) is 9.80 Å². The highest BCUT2D eigenvalue weighted by Gasteiger charge is 2.26. The van der Waals surface area contributed by atoms with Crippen LogP contribution in [0.2, 0.25) is 0 Å². The Morgan fingerprint density at radius 3 is 2.40 bits per heavy atom. The van der Waals surface area contributed by atoms with Crippen LogP contribution in [0.4, 0.5) is 10.1 Å². The predicted octanol–water partition coefficient (Wildman–Crippen LogP) is 0.465. The minimum Gasteiger partial charge on any atom is -0.481 e. The number of aliphatic hydroxyl groups is 1. The molecule has 0 bridgehead atoms. The van der Waals surface area contributed by atoms with E-state index in [1.165, 1.54) is 18.2 Å². The molecule has 1 heterocycles. The zero-order valence-electron chi connectivity index (χ0n) is 14.0. The molecule has 0 spiro atoms. The van der Waals surface area contributed by atoms with E-state index in [1.54, 1.807) is 6.07 Å². The summed E-state index contributed by atoms with van der Waals surface area (Å²) in [7, 11) is 0. The molecule has 1 saturated heterocycles. The molecule has 138 valence electrons. The summed E-state index contributed by atoms with van der Waals surface area (Å²) in [5, 5.41) is 20.7. The van der Waals surface area contributed by atoms with Gasteiger partial charge in [-0.2, -0.15) is 0 Å². The molecule has 0 radical (unpaired) electrons. The van der Waals surface area contributed by atoms with Gasteiger partial charge in [-0.05, 0) is 12.1 Å². The Morgan fingerprint density at radius 1 is 1.16 bits per heavy atom. The molecule has 1 atom stereocenters. The Kier molecular flexibility index (Phi) is 7.30. The Morgan fingerprint density at radius 2 is 1.80 bits per heavy atom. The summed E-state index contributed by atoms with van der Waals surface area (Å²) >= 11 is 0. The SMILES string of the molecule is O=C(C[C@@H](CN1CCN(CCO)CC1)C(=O)O)Nc1ccccc1F. The lowest BCUT2D eigenvalue weighted by molar-refractivity contribution is -0.144. The zero-order valence-corrected chi connectivity index (χ0v) is 14.0. The summed E-state index contributed by atoms with van der Waals surface area (Å²) in [6, 6.07) is 5.78. The molecule has 1 aromatic rings. The molecule has 1 aliphatic rings. The van der Waals surface area contributed by atoms with Crippen LogP contribution in [0.3, 0.4) is 0 Å². The number of aliphatic carboxylic acids is 1. The number of benzene rings is 1. The molecule has 7 nitrogen and oxygen atoms in total. The van der Waals surface area contributed by atoms with Gasteiger partial charge >= 0.3 is 5.97 Å². The first-order valence-corrected chi connectivity index (χ1v) is 8.32.